The van der Waals surface area contributed by atoms with Gasteiger partial charge in [-0.1, -0.05) is 11.6 Å². The minimum atomic E-state index is -0.939. The normalized spacial score (nSPS) is 16.2. The topological polar surface area (TPSA) is 109 Å². The first kappa shape index (κ1) is 26.7. The van der Waals surface area contributed by atoms with E-state index in [9.17, 15) is 13.6 Å². The molecular formula is C25H26ClF2N5O4. The van der Waals surface area contributed by atoms with Crippen LogP contribution in [0.2, 0.25) is 5.02 Å². The van der Waals surface area contributed by atoms with E-state index in [-0.39, 0.29) is 42.3 Å². The van der Waals surface area contributed by atoms with Gasteiger partial charge in [-0.05, 0) is 36.8 Å². The molecule has 1 aliphatic heterocycles. The number of fused-ring (bicyclic) bond motifs is 1. The van der Waals surface area contributed by atoms with E-state index in [0.29, 0.717) is 35.5 Å². The van der Waals surface area contributed by atoms with Gasteiger partial charge in [0.25, 0.3) is 5.91 Å². The molecule has 12 heteroatoms. The number of methoxy groups -OCH3 is 1. The van der Waals surface area contributed by atoms with Crippen molar-refractivity contribution in [1.82, 2.24) is 14.9 Å². The zero-order chi connectivity index (χ0) is 26.4. The highest BCUT2D eigenvalue weighted by atomic mass is 35.5. The van der Waals surface area contributed by atoms with E-state index < -0.39 is 17.6 Å². The van der Waals surface area contributed by atoms with Crippen LogP contribution in [-0.2, 0) is 9.53 Å². The van der Waals surface area contributed by atoms with E-state index in [4.69, 9.17) is 26.2 Å². The third kappa shape index (κ3) is 6.69. The van der Waals surface area contributed by atoms with Crippen molar-refractivity contribution in [3.05, 3.63) is 59.4 Å². The third-order valence-electron chi connectivity index (χ3n) is 5.81. The van der Waals surface area contributed by atoms with Crippen LogP contribution in [0.1, 0.15) is 6.42 Å². The van der Waals surface area contributed by atoms with Crippen molar-refractivity contribution in [2.24, 2.45) is 0 Å². The fourth-order valence-electron chi connectivity index (χ4n) is 3.96. The predicted molar refractivity (Wildman–Crippen MR) is 136 cm³/mol. The van der Waals surface area contributed by atoms with E-state index in [0.717, 1.165) is 6.42 Å². The Kier molecular flexibility index (Phi) is 8.82. The molecule has 0 bridgehead atoms. The molecule has 1 atom stereocenters. The summed E-state index contributed by atoms with van der Waals surface area (Å²) in [5.41, 5.74) is 1.22. The molecule has 2 aromatic carbocycles. The quantitative estimate of drug-likeness (QED) is 0.335. The summed E-state index contributed by atoms with van der Waals surface area (Å²) in [5, 5.41) is 14.9. The zero-order valence-electron chi connectivity index (χ0n) is 20.0. The number of aliphatic hydroxyl groups excluding tert-OH is 1. The lowest BCUT2D eigenvalue weighted by molar-refractivity contribution is -0.114. The number of carbonyl (C=O) groups excluding carboxylic acids is 1. The second-order valence-electron chi connectivity index (χ2n) is 8.32. The van der Waals surface area contributed by atoms with Crippen LogP contribution in [0, 0.1) is 5.82 Å². The van der Waals surface area contributed by atoms with Crippen LogP contribution in [0.15, 0.2) is 48.6 Å². The van der Waals surface area contributed by atoms with E-state index in [1.165, 1.54) is 37.7 Å². The van der Waals surface area contributed by atoms with Gasteiger partial charge in [0.05, 0.1) is 42.7 Å². The highest BCUT2D eigenvalue weighted by Gasteiger charge is 2.23. The zero-order valence-corrected chi connectivity index (χ0v) is 20.8. The van der Waals surface area contributed by atoms with Gasteiger partial charge in [-0.2, -0.15) is 0 Å². The molecule has 0 radical (unpaired) electrons. The highest BCUT2D eigenvalue weighted by molar-refractivity contribution is 6.31. The van der Waals surface area contributed by atoms with Crippen LogP contribution >= 0.6 is 11.6 Å². The Hall–Kier alpha value is -3.38. The number of amides is 1. The number of anilines is 3. The van der Waals surface area contributed by atoms with Gasteiger partial charge in [0.15, 0.2) is 5.83 Å². The number of nitrogens with one attached hydrogen (secondary N) is 2. The number of halogens is 3. The maximum atomic E-state index is 14.7. The van der Waals surface area contributed by atoms with Crippen LogP contribution in [-0.4, -0.2) is 71.9 Å². The first-order valence-electron chi connectivity index (χ1n) is 11.5. The Bertz CT molecular complexity index is 1310. The van der Waals surface area contributed by atoms with E-state index in [1.54, 1.807) is 12.1 Å². The average Bonchev–Trinajstić information content (AvgIpc) is 3.35. The molecular weight excluding hydrogens is 508 g/mol. The molecule has 0 unspecified atom stereocenters. The first-order valence-corrected chi connectivity index (χ1v) is 11.9. The molecule has 0 saturated carbocycles. The van der Waals surface area contributed by atoms with Gasteiger partial charge >= 0.3 is 0 Å². The lowest BCUT2D eigenvalue weighted by Gasteiger charge is -2.15. The maximum absolute atomic E-state index is 14.7. The number of hydrogen-bond acceptors (Lipinski definition) is 8. The van der Waals surface area contributed by atoms with Gasteiger partial charge in [0.1, 0.15) is 23.7 Å². The Labute approximate surface area is 217 Å². The van der Waals surface area contributed by atoms with Crippen LogP contribution in [0.5, 0.6) is 5.75 Å². The van der Waals surface area contributed by atoms with Gasteiger partial charge in [0.2, 0.25) is 0 Å². The number of hydrogen-bond donors (Lipinski definition) is 3. The summed E-state index contributed by atoms with van der Waals surface area (Å²) in [4.78, 5) is 23.0. The van der Waals surface area contributed by atoms with Crippen LogP contribution in [0.25, 0.3) is 10.9 Å². The smallest absolute Gasteiger partial charge is 0.284 e. The fraction of sp³-hybridized carbons (Fsp3) is 0.320. The summed E-state index contributed by atoms with van der Waals surface area (Å²) in [6.45, 7) is 1.76. The largest absolute Gasteiger partial charge is 0.494 e. The lowest BCUT2D eigenvalue weighted by Crippen LogP contribution is -2.25. The minimum Gasteiger partial charge on any atom is -0.494 e. The number of likely N-dealkylation sites (tertiary alicyclic amines) is 1. The van der Waals surface area contributed by atoms with Crippen molar-refractivity contribution in [3.63, 3.8) is 0 Å². The molecule has 0 aliphatic carbocycles. The van der Waals surface area contributed by atoms with Crippen molar-refractivity contribution in [2.45, 2.75) is 12.5 Å². The Morgan fingerprint density at radius 1 is 1.32 bits per heavy atom. The summed E-state index contributed by atoms with van der Waals surface area (Å²) >= 11 is 5.87. The standard InChI is InChI=1S/C25H26ClF2N5O4/c1-36-23-12-21-17(24(30-14-29-21)31-15-2-3-19(27)18(26)10-15)11-22(23)32-25(35)20(28)5-7-33-6-4-16(13-33)37-9-8-34/h2-3,5,10-12,14,16,34H,4,6-9,13H2,1H3,(H,32,35)(H,29,30,31)/b20-5+/t16-/m1/s1. The van der Waals surface area contributed by atoms with Gasteiger partial charge in [-0.3, -0.25) is 9.69 Å². The van der Waals surface area contributed by atoms with Gasteiger partial charge in [0, 0.05) is 36.8 Å². The van der Waals surface area contributed by atoms with Crippen molar-refractivity contribution >= 4 is 45.6 Å². The molecule has 1 saturated heterocycles. The van der Waals surface area contributed by atoms with Gasteiger partial charge in [-0.25, -0.2) is 18.7 Å². The molecule has 1 aliphatic rings. The van der Waals surface area contributed by atoms with E-state index in [2.05, 4.69) is 20.6 Å². The second kappa shape index (κ2) is 12.2. The number of rotatable bonds is 10. The number of carbonyl (C=O) groups is 1. The summed E-state index contributed by atoms with van der Waals surface area (Å²) in [7, 11) is 1.42. The van der Waals surface area contributed by atoms with Crippen molar-refractivity contribution < 1.29 is 28.2 Å². The SMILES string of the molecule is COc1cc2ncnc(Nc3ccc(F)c(Cl)c3)c2cc1NC(=O)/C(F)=C\CN1CC[C@@H](OCCO)C1. The molecule has 37 heavy (non-hydrogen) atoms. The molecule has 4 rings (SSSR count). The summed E-state index contributed by atoms with van der Waals surface area (Å²) in [6.07, 6.45) is 3.31. The lowest BCUT2D eigenvalue weighted by atomic mass is 10.1. The number of nitrogens with zero attached hydrogens (tertiary/aromatic N) is 3. The van der Waals surface area contributed by atoms with Gasteiger partial charge in [-0.15, -0.1) is 0 Å². The minimum absolute atomic E-state index is 0.0183. The molecule has 3 N–H and O–H groups in total. The van der Waals surface area contributed by atoms with Crippen LogP contribution in [0.4, 0.5) is 26.0 Å². The predicted octanol–water partition coefficient (Wildman–Crippen LogP) is 4.05. The first-order chi connectivity index (χ1) is 17.9. The fourth-order valence-corrected chi connectivity index (χ4v) is 4.14. The summed E-state index contributed by atoms with van der Waals surface area (Å²) < 4.78 is 39.1. The van der Waals surface area contributed by atoms with Crippen LogP contribution < -0.4 is 15.4 Å². The maximum Gasteiger partial charge on any atom is 0.284 e. The van der Waals surface area contributed by atoms with Crippen molar-refractivity contribution in [1.29, 1.82) is 0 Å². The summed E-state index contributed by atoms with van der Waals surface area (Å²) in [5.74, 6) is -1.77. The number of benzene rings is 2. The molecule has 1 aromatic heterocycles. The Balaban J connectivity index is 1.50. The Morgan fingerprint density at radius 3 is 2.92 bits per heavy atom. The van der Waals surface area contributed by atoms with Crippen molar-refractivity contribution in [2.75, 3.05) is 50.6 Å². The molecule has 1 amide bonds. The molecule has 9 nitrogen and oxygen atoms in total. The molecule has 0 spiro atoms. The monoisotopic (exact) mass is 533 g/mol. The molecule has 2 heterocycles. The van der Waals surface area contributed by atoms with Crippen molar-refractivity contribution in [3.8, 4) is 5.75 Å². The van der Waals surface area contributed by atoms with E-state index >= 15 is 0 Å². The Morgan fingerprint density at radius 2 is 2.16 bits per heavy atom. The molecule has 196 valence electrons. The molecule has 3 aromatic rings. The number of aromatic nitrogens is 2. The number of aliphatic hydroxyl groups is 1. The third-order valence-corrected chi connectivity index (χ3v) is 6.10. The average molecular weight is 534 g/mol. The van der Waals surface area contributed by atoms with Gasteiger partial charge < -0.3 is 25.2 Å². The molecule has 1 fully saturated rings. The second-order valence-corrected chi connectivity index (χ2v) is 8.72. The number of ether oxygens (including phenoxy) is 2. The highest BCUT2D eigenvalue weighted by Crippen LogP contribution is 2.34. The van der Waals surface area contributed by atoms with Crippen LogP contribution in [0.3, 0.4) is 0 Å². The van der Waals surface area contributed by atoms with E-state index in [1.807, 2.05) is 4.90 Å². The summed E-state index contributed by atoms with van der Waals surface area (Å²) in [6, 6.07) is 7.30.